The molecule has 1 fully saturated rings. The van der Waals surface area contributed by atoms with Crippen molar-refractivity contribution in [2.24, 2.45) is 0 Å². The Balaban J connectivity index is 1.96. The molecule has 2 aromatic rings. The third-order valence-electron chi connectivity index (χ3n) is 5.37. The minimum absolute atomic E-state index is 0.00370. The molecule has 1 aliphatic rings. The Labute approximate surface area is 209 Å². The average Bonchev–Trinajstić information content (AvgIpc) is 3.31. The Morgan fingerprint density at radius 2 is 1.74 bits per heavy atom. The van der Waals surface area contributed by atoms with Gasteiger partial charge in [-0.25, -0.2) is 16.8 Å². The second kappa shape index (κ2) is 10.3. The van der Waals surface area contributed by atoms with E-state index in [2.05, 4.69) is 5.32 Å². The largest absolute Gasteiger partial charge is 0.495 e. The lowest BCUT2D eigenvalue weighted by molar-refractivity contribution is -0.116. The highest BCUT2D eigenvalue weighted by Crippen LogP contribution is 2.34. The van der Waals surface area contributed by atoms with Crippen molar-refractivity contribution in [3.8, 4) is 5.75 Å². The van der Waals surface area contributed by atoms with E-state index in [1.165, 1.54) is 54.7 Å². The summed E-state index contributed by atoms with van der Waals surface area (Å²) in [6.07, 6.45) is 2.51. The summed E-state index contributed by atoms with van der Waals surface area (Å²) in [5.41, 5.74) is 0.127. The second-order valence-electron chi connectivity index (χ2n) is 7.79. The quantitative estimate of drug-likeness (QED) is 0.538. The number of methoxy groups -OCH3 is 1. The maximum absolute atomic E-state index is 13.1. The van der Waals surface area contributed by atoms with Gasteiger partial charge in [0, 0.05) is 18.1 Å². The average molecular weight is 550 g/mol. The molecule has 0 saturated carbocycles. The molecule has 1 heterocycles. The van der Waals surface area contributed by atoms with Crippen molar-refractivity contribution in [1.29, 1.82) is 0 Å². The summed E-state index contributed by atoms with van der Waals surface area (Å²) in [5.74, 6) is -0.511. The van der Waals surface area contributed by atoms with Gasteiger partial charge in [-0.1, -0.05) is 23.2 Å². The Morgan fingerprint density at radius 3 is 2.32 bits per heavy atom. The van der Waals surface area contributed by atoms with E-state index in [4.69, 9.17) is 27.9 Å². The topological polar surface area (TPSA) is 113 Å². The highest BCUT2D eigenvalue weighted by Gasteiger charge is 2.32. The SMILES string of the molecule is COc1ccc(S(=O)(=O)N2CCCC2)cc1NC(=O)[C@H](C)N(c1cc(Cl)ccc1Cl)S(C)(=O)=O. The Hall–Kier alpha value is -2.05. The van der Waals surface area contributed by atoms with Crippen LogP contribution in [0, 0.1) is 0 Å². The Bertz CT molecular complexity index is 1300. The van der Waals surface area contributed by atoms with Gasteiger partial charge in [-0.05, 0) is 56.2 Å². The van der Waals surface area contributed by atoms with Gasteiger partial charge >= 0.3 is 0 Å². The zero-order chi connectivity index (χ0) is 25.3. The predicted octanol–water partition coefficient (Wildman–Crippen LogP) is 3.58. The van der Waals surface area contributed by atoms with Crippen LogP contribution in [-0.2, 0) is 24.8 Å². The monoisotopic (exact) mass is 549 g/mol. The van der Waals surface area contributed by atoms with Gasteiger partial charge in [-0.15, -0.1) is 0 Å². The second-order valence-corrected chi connectivity index (χ2v) is 12.4. The summed E-state index contributed by atoms with van der Waals surface area (Å²) in [5, 5.41) is 2.92. The number of sulfonamides is 2. The van der Waals surface area contributed by atoms with Crippen LogP contribution >= 0.6 is 23.2 Å². The lowest BCUT2D eigenvalue weighted by atomic mass is 10.2. The van der Waals surface area contributed by atoms with Crippen molar-refractivity contribution >= 4 is 60.5 Å². The molecule has 0 radical (unpaired) electrons. The molecule has 186 valence electrons. The van der Waals surface area contributed by atoms with Gasteiger partial charge < -0.3 is 10.1 Å². The third-order valence-corrected chi connectivity index (χ3v) is 9.04. The minimum atomic E-state index is -3.96. The molecule has 1 aliphatic heterocycles. The van der Waals surface area contributed by atoms with E-state index in [-0.39, 0.29) is 32.1 Å². The number of carbonyl (C=O) groups is 1. The van der Waals surface area contributed by atoms with Crippen LogP contribution in [0.1, 0.15) is 19.8 Å². The van der Waals surface area contributed by atoms with Crippen molar-refractivity contribution in [3.63, 3.8) is 0 Å². The summed E-state index contributed by atoms with van der Waals surface area (Å²) in [6.45, 7) is 2.23. The molecule has 0 aromatic heterocycles. The zero-order valence-electron chi connectivity index (χ0n) is 18.8. The molecule has 0 bridgehead atoms. The van der Waals surface area contributed by atoms with Gasteiger partial charge in [0.25, 0.3) is 0 Å². The molecular formula is C21H25Cl2N3O6S2. The smallest absolute Gasteiger partial charge is 0.248 e. The molecule has 2 aromatic carbocycles. The van der Waals surface area contributed by atoms with Crippen molar-refractivity contribution in [2.75, 3.05) is 36.1 Å². The zero-order valence-corrected chi connectivity index (χ0v) is 21.9. The maximum Gasteiger partial charge on any atom is 0.248 e. The van der Waals surface area contributed by atoms with Crippen LogP contribution in [-0.4, -0.2) is 59.5 Å². The number of anilines is 2. The van der Waals surface area contributed by atoms with E-state index >= 15 is 0 Å². The predicted molar refractivity (Wildman–Crippen MR) is 133 cm³/mol. The fourth-order valence-electron chi connectivity index (χ4n) is 3.70. The number of carbonyl (C=O) groups excluding carboxylic acids is 1. The maximum atomic E-state index is 13.1. The van der Waals surface area contributed by atoms with Crippen LogP contribution in [0.25, 0.3) is 0 Å². The van der Waals surface area contributed by atoms with Crippen LogP contribution in [0.15, 0.2) is 41.3 Å². The van der Waals surface area contributed by atoms with Crippen LogP contribution in [0.2, 0.25) is 10.0 Å². The summed E-state index contributed by atoms with van der Waals surface area (Å²) < 4.78 is 58.6. The first-order chi connectivity index (χ1) is 15.9. The fourth-order valence-corrected chi connectivity index (χ4v) is 6.84. The van der Waals surface area contributed by atoms with Gasteiger partial charge in [-0.2, -0.15) is 4.31 Å². The first kappa shape index (κ1) is 26.6. The highest BCUT2D eigenvalue weighted by atomic mass is 35.5. The Kier molecular flexibility index (Phi) is 8.03. The van der Waals surface area contributed by atoms with Crippen LogP contribution < -0.4 is 14.4 Å². The molecular weight excluding hydrogens is 525 g/mol. The summed E-state index contributed by atoms with van der Waals surface area (Å²) in [6, 6.07) is 7.15. The third kappa shape index (κ3) is 5.60. The van der Waals surface area contributed by atoms with Gasteiger partial charge in [0.1, 0.15) is 11.8 Å². The standard InChI is InChI=1S/C21H25Cl2N3O6S2/c1-14(26(33(3,28)29)19-12-15(22)6-8-17(19)23)21(27)24-18-13-16(7-9-20(18)32-2)34(30,31)25-10-4-5-11-25/h6-9,12-14H,4-5,10-11H2,1-3H3,(H,24,27)/t14-/m0/s1. The first-order valence-corrected chi connectivity index (χ1v) is 14.3. The van der Waals surface area contributed by atoms with Gasteiger partial charge in [0.2, 0.25) is 26.0 Å². The van der Waals surface area contributed by atoms with Crippen molar-refractivity contribution in [2.45, 2.75) is 30.7 Å². The molecule has 3 rings (SSSR count). The number of halogens is 2. The van der Waals surface area contributed by atoms with Gasteiger partial charge in [-0.3, -0.25) is 9.10 Å². The van der Waals surface area contributed by atoms with E-state index in [9.17, 15) is 21.6 Å². The number of nitrogens with one attached hydrogen (secondary N) is 1. The number of rotatable bonds is 8. The van der Waals surface area contributed by atoms with Gasteiger partial charge in [0.15, 0.2) is 0 Å². The molecule has 0 spiro atoms. The number of hydrogen-bond acceptors (Lipinski definition) is 6. The van der Waals surface area contributed by atoms with Crippen LogP contribution in [0.5, 0.6) is 5.75 Å². The molecule has 34 heavy (non-hydrogen) atoms. The summed E-state index contributed by atoms with van der Waals surface area (Å²) in [7, 11) is -6.33. The lowest BCUT2D eigenvalue weighted by Gasteiger charge is -2.29. The summed E-state index contributed by atoms with van der Waals surface area (Å²) in [4.78, 5) is 13.1. The number of benzene rings is 2. The number of hydrogen-bond donors (Lipinski definition) is 1. The number of amides is 1. The Morgan fingerprint density at radius 1 is 1.09 bits per heavy atom. The molecule has 0 aliphatic carbocycles. The molecule has 13 heteroatoms. The molecule has 1 amide bonds. The fraction of sp³-hybridized carbons (Fsp3) is 0.381. The van der Waals surface area contributed by atoms with E-state index in [1.807, 2.05) is 0 Å². The molecule has 0 unspecified atom stereocenters. The van der Waals surface area contributed by atoms with Crippen molar-refractivity contribution < 1.29 is 26.4 Å². The first-order valence-electron chi connectivity index (χ1n) is 10.3. The number of nitrogens with zero attached hydrogens (tertiary/aromatic N) is 2. The molecule has 9 nitrogen and oxygen atoms in total. The van der Waals surface area contributed by atoms with Crippen LogP contribution in [0.4, 0.5) is 11.4 Å². The molecule has 1 N–H and O–H groups in total. The highest BCUT2D eigenvalue weighted by molar-refractivity contribution is 7.92. The van der Waals surface area contributed by atoms with E-state index in [0.29, 0.717) is 13.1 Å². The van der Waals surface area contributed by atoms with Crippen LogP contribution in [0.3, 0.4) is 0 Å². The van der Waals surface area contributed by atoms with E-state index in [0.717, 1.165) is 23.4 Å². The lowest BCUT2D eigenvalue weighted by Crippen LogP contribution is -2.45. The minimum Gasteiger partial charge on any atom is -0.495 e. The molecule has 1 atom stereocenters. The normalized spacial score (nSPS) is 15.7. The van der Waals surface area contributed by atoms with Crippen molar-refractivity contribution in [3.05, 3.63) is 46.4 Å². The van der Waals surface area contributed by atoms with E-state index < -0.39 is 32.0 Å². The molecule has 1 saturated heterocycles. The number of ether oxygens (including phenoxy) is 1. The summed E-state index contributed by atoms with van der Waals surface area (Å²) >= 11 is 12.2. The van der Waals surface area contributed by atoms with Gasteiger partial charge in [0.05, 0.1) is 34.7 Å². The van der Waals surface area contributed by atoms with Crippen molar-refractivity contribution in [1.82, 2.24) is 4.31 Å². The van der Waals surface area contributed by atoms with E-state index in [1.54, 1.807) is 0 Å².